The molecule has 5 heteroatoms. The summed E-state index contributed by atoms with van der Waals surface area (Å²) >= 11 is 0. The van der Waals surface area contributed by atoms with Crippen molar-refractivity contribution in [1.82, 2.24) is 0 Å². The SMILES string of the molecule is CC(=O)[C@H]1[C@H](O[Si](C)(C)C)CC2C3CC[C@@H]4C[C@H](O[Si](C)(C)C)CC[C@]4(C)C3CC[C@@]21C. The Morgan fingerprint density at radius 2 is 1.41 bits per heavy atom. The van der Waals surface area contributed by atoms with Gasteiger partial charge in [-0.1, -0.05) is 13.8 Å². The molecule has 0 amide bonds. The minimum atomic E-state index is -1.68. The Hall–Kier alpha value is 0.0238. The van der Waals surface area contributed by atoms with Gasteiger partial charge in [0, 0.05) is 12.0 Å². The molecule has 4 rings (SSSR count). The Labute approximate surface area is 200 Å². The topological polar surface area (TPSA) is 35.5 Å². The molecule has 4 fully saturated rings. The number of hydrogen-bond acceptors (Lipinski definition) is 3. The lowest BCUT2D eigenvalue weighted by molar-refractivity contribution is -0.139. The highest BCUT2D eigenvalue weighted by molar-refractivity contribution is 6.70. The van der Waals surface area contributed by atoms with E-state index in [4.69, 9.17) is 8.85 Å². The van der Waals surface area contributed by atoms with Crippen LogP contribution in [0.2, 0.25) is 39.3 Å². The average molecular weight is 479 g/mol. The van der Waals surface area contributed by atoms with Crippen molar-refractivity contribution in [3.8, 4) is 0 Å². The van der Waals surface area contributed by atoms with E-state index in [1.165, 1.54) is 44.9 Å². The highest BCUT2D eigenvalue weighted by Gasteiger charge is 2.63. The summed E-state index contributed by atoms with van der Waals surface area (Å²) in [5, 5.41) is 0. The minimum Gasteiger partial charge on any atom is -0.415 e. The summed E-state index contributed by atoms with van der Waals surface area (Å²) in [6.07, 6.45) is 10.9. The van der Waals surface area contributed by atoms with Crippen LogP contribution in [-0.4, -0.2) is 34.6 Å². The number of ketones is 1. The third kappa shape index (κ3) is 4.49. The van der Waals surface area contributed by atoms with Gasteiger partial charge in [-0.3, -0.25) is 4.79 Å². The molecule has 184 valence electrons. The van der Waals surface area contributed by atoms with E-state index >= 15 is 0 Å². The van der Waals surface area contributed by atoms with Gasteiger partial charge in [-0.25, -0.2) is 0 Å². The Kier molecular flexibility index (Phi) is 6.52. The lowest BCUT2D eigenvalue weighted by Gasteiger charge is -2.61. The van der Waals surface area contributed by atoms with E-state index in [-0.39, 0.29) is 17.4 Å². The molecule has 3 nitrogen and oxygen atoms in total. The van der Waals surface area contributed by atoms with Crippen LogP contribution in [0.5, 0.6) is 0 Å². The molecule has 9 atom stereocenters. The summed E-state index contributed by atoms with van der Waals surface area (Å²) in [6, 6.07) is 0. The molecule has 0 saturated heterocycles. The summed E-state index contributed by atoms with van der Waals surface area (Å²) in [6.45, 7) is 20.8. The van der Waals surface area contributed by atoms with E-state index in [9.17, 15) is 4.79 Å². The highest BCUT2D eigenvalue weighted by atomic mass is 28.4. The van der Waals surface area contributed by atoms with Crippen LogP contribution in [-0.2, 0) is 13.6 Å². The molecule has 0 aromatic heterocycles. The fourth-order valence-corrected chi connectivity index (χ4v) is 11.5. The molecular weight excluding hydrogens is 428 g/mol. The van der Waals surface area contributed by atoms with E-state index in [1.807, 2.05) is 6.92 Å². The van der Waals surface area contributed by atoms with Gasteiger partial charge in [-0.15, -0.1) is 0 Å². The Bertz CT molecular complexity index is 725. The predicted molar refractivity (Wildman–Crippen MR) is 138 cm³/mol. The minimum absolute atomic E-state index is 0.103. The van der Waals surface area contributed by atoms with Crippen LogP contribution in [0.3, 0.4) is 0 Å². The van der Waals surface area contributed by atoms with Crippen molar-refractivity contribution in [2.24, 2.45) is 40.4 Å². The monoisotopic (exact) mass is 478 g/mol. The third-order valence-electron chi connectivity index (χ3n) is 10.1. The maximum absolute atomic E-state index is 12.9. The van der Waals surface area contributed by atoms with Gasteiger partial charge in [0.1, 0.15) is 5.78 Å². The molecule has 32 heavy (non-hydrogen) atoms. The molecular formula is C27H50O3Si2. The molecule has 0 radical (unpaired) electrons. The van der Waals surface area contributed by atoms with Crippen molar-refractivity contribution >= 4 is 22.4 Å². The van der Waals surface area contributed by atoms with Gasteiger partial charge in [-0.05, 0) is 132 Å². The molecule has 4 aliphatic rings. The second-order valence-corrected chi connectivity index (χ2v) is 23.3. The first-order valence-corrected chi connectivity index (χ1v) is 20.3. The van der Waals surface area contributed by atoms with Crippen molar-refractivity contribution in [2.75, 3.05) is 0 Å². The van der Waals surface area contributed by atoms with Crippen molar-refractivity contribution in [3.63, 3.8) is 0 Å². The summed E-state index contributed by atoms with van der Waals surface area (Å²) in [5.41, 5.74) is 0.603. The Morgan fingerprint density at radius 1 is 0.781 bits per heavy atom. The normalized spacial score (nSPS) is 46.8. The lowest BCUT2D eigenvalue weighted by atomic mass is 9.44. The highest BCUT2D eigenvalue weighted by Crippen LogP contribution is 2.68. The van der Waals surface area contributed by atoms with E-state index in [0.717, 1.165) is 24.2 Å². The average Bonchev–Trinajstić information content (AvgIpc) is 2.91. The van der Waals surface area contributed by atoms with Crippen molar-refractivity contribution in [2.45, 2.75) is 124 Å². The second kappa shape index (κ2) is 8.31. The number of rotatable bonds is 5. The predicted octanol–water partition coefficient (Wildman–Crippen LogP) is 7.28. The van der Waals surface area contributed by atoms with Crippen LogP contribution in [0.1, 0.15) is 72.1 Å². The third-order valence-corrected chi connectivity index (χ3v) is 12.1. The van der Waals surface area contributed by atoms with Gasteiger partial charge in [0.05, 0.1) is 6.10 Å². The first-order chi connectivity index (χ1) is 14.6. The van der Waals surface area contributed by atoms with E-state index < -0.39 is 16.6 Å². The molecule has 0 aliphatic heterocycles. The van der Waals surface area contributed by atoms with Crippen LogP contribution in [0.4, 0.5) is 0 Å². The van der Waals surface area contributed by atoms with Crippen LogP contribution in [0.15, 0.2) is 0 Å². The largest absolute Gasteiger partial charge is 0.415 e. The summed E-state index contributed by atoms with van der Waals surface area (Å²) in [7, 11) is -3.16. The van der Waals surface area contributed by atoms with E-state index in [1.54, 1.807) is 0 Å². The van der Waals surface area contributed by atoms with Gasteiger partial charge in [0.2, 0.25) is 0 Å². The second-order valence-electron chi connectivity index (χ2n) is 14.4. The number of fused-ring (bicyclic) bond motifs is 5. The van der Waals surface area contributed by atoms with E-state index in [0.29, 0.717) is 23.2 Å². The van der Waals surface area contributed by atoms with Gasteiger partial charge < -0.3 is 8.85 Å². The fraction of sp³-hybridized carbons (Fsp3) is 0.963. The molecule has 0 heterocycles. The van der Waals surface area contributed by atoms with Gasteiger partial charge >= 0.3 is 0 Å². The van der Waals surface area contributed by atoms with Gasteiger partial charge in [-0.2, -0.15) is 0 Å². The molecule has 0 aromatic rings. The number of carbonyl (C=O) groups is 1. The van der Waals surface area contributed by atoms with Crippen molar-refractivity contribution in [1.29, 1.82) is 0 Å². The van der Waals surface area contributed by atoms with Crippen molar-refractivity contribution < 1.29 is 13.6 Å². The quantitative estimate of drug-likeness (QED) is 0.389. The standard InChI is InChI=1S/C27H50O3Si2/c1-18(28)25-24(30-32(7,8)9)17-23-21-11-10-19-16-20(29-31(4,5)6)12-14-26(19,2)22(21)13-15-27(23,25)3/h19-25H,10-17H2,1-9H3/t19-,20-,21?,22?,23?,24-,25+,26+,27+/m1/s1. The van der Waals surface area contributed by atoms with Crippen LogP contribution < -0.4 is 0 Å². The van der Waals surface area contributed by atoms with Crippen LogP contribution in [0, 0.1) is 40.4 Å². The Morgan fingerprint density at radius 3 is 2.00 bits per heavy atom. The van der Waals surface area contributed by atoms with E-state index in [2.05, 4.69) is 53.1 Å². The smallest absolute Gasteiger partial charge is 0.184 e. The lowest BCUT2D eigenvalue weighted by Crippen LogP contribution is -2.55. The number of Topliss-reactive ketones (excluding diaryl/α,β-unsaturated/α-hetero) is 1. The summed E-state index contributed by atoms with van der Waals surface area (Å²) in [5.74, 6) is 3.56. The summed E-state index contributed by atoms with van der Waals surface area (Å²) < 4.78 is 13.3. The fourth-order valence-electron chi connectivity index (χ4n) is 9.11. The van der Waals surface area contributed by atoms with Crippen LogP contribution >= 0.6 is 0 Å². The van der Waals surface area contributed by atoms with Gasteiger partial charge in [0.15, 0.2) is 16.6 Å². The zero-order valence-electron chi connectivity index (χ0n) is 22.4. The molecule has 4 aliphatic carbocycles. The van der Waals surface area contributed by atoms with Crippen LogP contribution in [0.25, 0.3) is 0 Å². The zero-order chi connectivity index (χ0) is 23.7. The molecule has 0 N–H and O–H groups in total. The Balaban J connectivity index is 1.55. The number of hydrogen-bond donors (Lipinski definition) is 0. The zero-order valence-corrected chi connectivity index (χ0v) is 24.4. The molecule has 4 saturated carbocycles. The molecule has 0 aromatic carbocycles. The molecule has 3 unspecified atom stereocenters. The maximum atomic E-state index is 12.9. The first-order valence-electron chi connectivity index (χ1n) is 13.5. The van der Waals surface area contributed by atoms with Crippen molar-refractivity contribution in [3.05, 3.63) is 0 Å². The summed E-state index contributed by atoms with van der Waals surface area (Å²) in [4.78, 5) is 12.9. The molecule has 0 bridgehead atoms. The van der Waals surface area contributed by atoms with Gasteiger partial charge in [0.25, 0.3) is 0 Å². The first kappa shape index (κ1) is 25.1. The maximum Gasteiger partial charge on any atom is 0.184 e. The number of carbonyl (C=O) groups excluding carboxylic acids is 1. The molecule has 0 spiro atoms.